The third-order valence-electron chi connectivity index (χ3n) is 12.5. The van der Waals surface area contributed by atoms with Crippen molar-refractivity contribution in [3.8, 4) is 33.4 Å². The second-order valence-corrected chi connectivity index (χ2v) is 19.9. The molecule has 59 heavy (non-hydrogen) atoms. The van der Waals surface area contributed by atoms with Gasteiger partial charge in [-0.15, -0.1) is 0 Å². The molecule has 0 atom stereocenters. The summed E-state index contributed by atoms with van der Waals surface area (Å²) in [4.78, 5) is 2.43. The topological polar surface area (TPSA) is 3.24 Å². The van der Waals surface area contributed by atoms with E-state index in [9.17, 15) is 0 Å². The number of benzene rings is 9. The molecule has 0 unspecified atom stereocenters. The zero-order valence-corrected chi connectivity index (χ0v) is 34.5. The summed E-state index contributed by atoms with van der Waals surface area (Å²) in [6, 6.07) is 87.5. The van der Waals surface area contributed by atoms with Crippen molar-refractivity contribution in [3.63, 3.8) is 0 Å². The molecular formula is C57H45NSi. The van der Waals surface area contributed by atoms with Crippen molar-refractivity contribution in [2.24, 2.45) is 0 Å². The minimum atomic E-state index is -2.67. The lowest BCUT2D eigenvalue weighted by atomic mass is 9.82. The first-order valence-corrected chi connectivity index (χ1v) is 22.6. The second kappa shape index (κ2) is 15.1. The predicted octanol–water partition coefficient (Wildman–Crippen LogP) is 12.2. The monoisotopic (exact) mass is 771 g/mol. The van der Waals surface area contributed by atoms with Gasteiger partial charge in [0.2, 0.25) is 0 Å². The minimum Gasteiger partial charge on any atom is -0.310 e. The van der Waals surface area contributed by atoms with Crippen molar-refractivity contribution in [3.05, 3.63) is 248 Å². The van der Waals surface area contributed by atoms with Gasteiger partial charge in [-0.2, -0.15) is 0 Å². The molecule has 0 fully saturated rings. The molecule has 9 aromatic rings. The fourth-order valence-corrected chi connectivity index (χ4v) is 14.2. The lowest BCUT2D eigenvalue weighted by Gasteiger charge is -2.35. The van der Waals surface area contributed by atoms with Crippen LogP contribution in [0.2, 0.25) is 0 Å². The average molecular weight is 772 g/mol. The van der Waals surface area contributed by atoms with Crippen LogP contribution in [0, 0.1) is 0 Å². The largest absolute Gasteiger partial charge is 0.310 e. The average Bonchev–Trinajstić information content (AvgIpc) is 3.54. The summed E-state index contributed by atoms with van der Waals surface area (Å²) in [5, 5.41) is 5.46. The van der Waals surface area contributed by atoms with Crippen LogP contribution in [0.15, 0.2) is 237 Å². The number of anilines is 3. The molecule has 0 saturated carbocycles. The molecule has 0 heterocycles. The Bertz CT molecular complexity index is 2750. The number of fused-ring (bicyclic) bond motifs is 3. The van der Waals surface area contributed by atoms with Crippen molar-refractivity contribution < 1.29 is 0 Å². The second-order valence-electron chi connectivity index (χ2n) is 16.1. The third-order valence-corrected chi connectivity index (χ3v) is 17.3. The molecule has 0 saturated heterocycles. The Labute approximate surface area is 349 Å². The van der Waals surface area contributed by atoms with Crippen LogP contribution in [-0.4, -0.2) is 8.07 Å². The van der Waals surface area contributed by atoms with Crippen molar-refractivity contribution >= 4 is 45.9 Å². The zero-order chi connectivity index (χ0) is 39.8. The van der Waals surface area contributed by atoms with Gasteiger partial charge in [-0.25, -0.2) is 0 Å². The fraction of sp³-hybridized carbons (Fsp3) is 0.0526. The van der Waals surface area contributed by atoms with Gasteiger partial charge in [0.25, 0.3) is 0 Å². The van der Waals surface area contributed by atoms with Gasteiger partial charge in [0.15, 0.2) is 8.07 Å². The molecule has 0 amide bonds. The number of hydrogen-bond donors (Lipinski definition) is 0. The van der Waals surface area contributed by atoms with Gasteiger partial charge in [-0.1, -0.05) is 214 Å². The summed E-state index contributed by atoms with van der Waals surface area (Å²) in [5.74, 6) is 0. The Hall–Kier alpha value is -7.00. The molecule has 1 aliphatic carbocycles. The summed E-state index contributed by atoms with van der Waals surface area (Å²) < 4.78 is 0. The van der Waals surface area contributed by atoms with E-state index in [0.717, 1.165) is 17.1 Å². The lowest BCUT2D eigenvalue weighted by molar-refractivity contribution is 0.660. The molecule has 10 rings (SSSR count). The maximum atomic E-state index is 2.43. The van der Waals surface area contributed by atoms with Gasteiger partial charge in [-0.3, -0.25) is 0 Å². The zero-order valence-electron chi connectivity index (χ0n) is 33.5. The highest BCUT2D eigenvalue weighted by atomic mass is 28.3. The Kier molecular flexibility index (Phi) is 9.28. The SMILES string of the molecule is CC1(C)c2ccccc2-c2ccc(N(c3ccc(-c4ccc(-c5ccccc5)cc4)cc3)c3ccc([Si](c4ccccc4)(c4ccccc4)c4ccccc4)cc3)cc21. The molecule has 1 nitrogen and oxygen atoms in total. The van der Waals surface area contributed by atoms with Crippen LogP contribution in [0.4, 0.5) is 17.1 Å². The first-order chi connectivity index (χ1) is 29.0. The van der Waals surface area contributed by atoms with Crippen LogP contribution in [0.25, 0.3) is 33.4 Å². The third kappa shape index (κ3) is 6.34. The normalized spacial score (nSPS) is 12.7. The van der Waals surface area contributed by atoms with Gasteiger partial charge in [-0.05, 0) is 102 Å². The Morgan fingerprint density at radius 3 is 1.17 bits per heavy atom. The van der Waals surface area contributed by atoms with Crippen LogP contribution in [0.1, 0.15) is 25.0 Å². The van der Waals surface area contributed by atoms with Crippen LogP contribution in [0.5, 0.6) is 0 Å². The smallest absolute Gasteiger partial charge is 0.179 e. The number of hydrogen-bond acceptors (Lipinski definition) is 1. The highest BCUT2D eigenvalue weighted by Gasteiger charge is 2.41. The summed E-state index contributed by atoms with van der Waals surface area (Å²) in [6.07, 6.45) is 0. The summed E-state index contributed by atoms with van der Waals surface area (Å²) in [7, 11) is -2.67. The molecule has 282 valence electrons. The Balaban J connectivity index is 1.10. The van der Waals surface area contributed by atoms with Crippen LogP contribution >= 0.6 is 0 Å². The Morgan fingerprint density at radius 1 is 0.305 bits per heavy atom. The van der Waals surface area contributed by atoms with E-state index >= 15 is 0 Å². The fourth-order valence-electron chi connectivity index (χ4n) is 9.49. The number of nitrogens with zero attached hydrogens (tertiary/aromatic N) is 1. The molecule has 9 aromatic carbocycles. The van der Waals surface area contributed by atoms with Gasteiger partial charge in [0, 0.05) is 22.5 Å². The molecule has 0 bridgehead atoms. The highest BCUT2D eigenvalue weighted by Crippen LogP contribution is 2.50. The molecular weight excluding hydrogens is 727 g/mol. The van der Waals surface area contributed by atoms with Crippen LogP contribution in [0.3, 0.4) is 0 Å². The maximum absolute atomic E-state index is 2.67. The minimum absolute atomic E-state index is 0.112. The van der Waals surface area contributed by atoms with E-state index in [1.807, 2.05) is 0 Å². The molecule has 0 spiro atoms. The quantitative estimate of drug-likeness (QED) is 0.104. The molecule has 2 heteroatoms. The maximum Gasteiger partial charge on any atom is 0.179 e. The van der Waals surface area contributed by atoms with E-state index in [4.69, 9.17) is 0 Å². The van der Waals surface area contributed by atoms with Gasteiger partial charge in [0.05, 0.1) is 0 Å². The van der Waals surface area contributed by atoms with Gasteiger partial charge < -0.3 is 4.90 Å². The van der Waals surface area contributed by atoms with Crippen LogP contribution in [-0.2, 0) is 5.41 Å². The molecule has 1 aliphatic rings. The van der Waals surface area contributed by atoms with E-state index in [1.165, 1.54) is 65.3 Å². The molecule has 0 radical (unpaired) electrons. The van der Waals surface area contributed by atoms with Crippen molar-refractivity contribution in [1.29, 1.82) is 0 Å². The van der Waals surface area contributed by atoms with E-state index in [0.29, 0.717) is 0 Å². The highest BCUT2D eigenvalue weighted by molar-refractivity contribution is 7.19. The van der Waals surface area contributed by atoms with Crippen molar-refractivity contribution in [2.75, 3.05) is 4.90 Å². The van der Waals surface area contributed by atoms with E-state index < -0.39 is 8.07 Å². The Morgan fingerprint density at radius 2 is 0.661 bits per heavy atom. The summed E-state index contributed by atoms with van der Waals surface area (Å²) in [6.45, 7) is 4.72. The van der Waals surface area contributed by atoms with E-state index in [1.54, 1.807) is 0 Å². The van der Waals surface area contributed by atoms with Crippen molar-refractivity contribution in [2.45, 2.75) is 19.3 Å². The summed E-state index contributed by atoms with van der Waals surface area (Å²) in [5.41, 5.74) is 13.5. The lowest BCUT2D eigenvalue weighted by Crippen LogP contribution is -2.74. The standard InChI is InChI=1S/C57H45NSi/c1-57(2)55-26-16-15-25-53(55)54-40-37-48(41-56(54)57)58(46-33-31-45(32-34-46)44-29-27-43(28-30-44)42-17-7-3-8-18-42)47-35-38-52(39-36-47)59(49-19-9-4-10-20-49,50-21-11-5-12-22-50)51-23-13-6-14-24-51/h3-41H,1-2H3. The molecule has 0 aromatic heterocycles. The number of rotatable bonds is 9. The van der Waals surface area contributed by atoms with Gasteiger partial charge in [0.1, 0.15) is 0 Å². The summed E-state index contributed by atoms with van der Waals surface area (Å²) >= 11 is 0. The molecule has 0 aliphatic heterocycles. The first kappa shape index (κ1) is 36.3. The van der Waals surface area contributed by atoms with Crippen molar-refractivity contribution in [1.82, 2.24) is 0 Å². The predicted molar refractivity (Wildman–Crippen MR) is 253 cm³/mol. The van der Waals surface area contributed by atoms with Gasteiger partial charge >= 0.3 is 0 Å². The van der Waals surface area contributed by atoms with E-state index in [2.05, 4.69) is 255 Å². The van der Waals surface area contributed by atoms with Crippen LogP contribution < -0.4 is 25.6 Å². The van der Waals surface area contributed by atoms with E-state index in [-0.39, 0.29) is 5.41 Å². The first-order valence-electron chi connectivity index (χ1n) is 20.6. The molecule has 0 N–H and O–H groups in total.